The zero-order valence-electron chi connectivity index (χ0n) is 17.1. The van der Waals surface area contributed by atoms with Crippen LogP contribution in [0.1, 0.15) is 32.8 Å². The van der Waals surface area contributed by atoms with Crippen molar-refractivity contribution in [1.29, 1.82) is 0 Å². The molecule has 1 aromatic carbocycles. The molecule has 28 heavy (non-hydrogen) atoms. The number of guanidine groups is 1. The van der Waals surface area contributed by atoms with Gasteiger partial charge in [0, 0.05) is 25.2 Å². The van der Waals surface area contributed by atoms with E-state index in [1.54, 1.807) is 24.3 Å². The minimum atomic E-state index is -3.63. The Balaban J connectivity index is 1.88. The number of hydrogen-bond acceptors (Lipinski definition) is 5. The van der Waals surface area contributed by atoms with Gasteiger partial charge in [-0.15, -0.1) is 0 Å². The second kappa shape index (κ2) is 10.2. The van der Waals surface area contributed by atoms with Gasteiger partial charge in [-0.2, -0.15) is 0 Å². The molecule has 0 spiro atoms. The Bertz CT molecular complexity index is 753. The Morgan fingerprint density at radius 2 is 1.93 bits per heavy atom. The maximum absolute atomic E-state index is 12.7. The summed E-state index contributed by atoms with van der Waals surface area (Å²) in [5.41, 5.74) is 5.99. The topological polar surface area (TPSA) is 109 Å². The van der Waals surface area contributed by atoms with E-state index in [-0.39, 0.29) is 11.4 Å². The number of sulfonamides is 1. The molecule has 0 atom stereocenters. The van der Waals surface area contributed by atoms with E-state index in [4.69, 9.17) is 10.5 Å². The van der Waals surface area contributed by atoms with Gasteiger partial charge in [0.1, 0.15) is 0 Å². The molecule has 0 unspecified atom stereocenters. The van der Waals surface area contributed by atoms with Gasteiger partial charge >= 0.3 is 0 Å². The molecule has 0 aromatic heterocycles. The fourth-order valence-corrected chi connectivity index (χ4v) is 4.58. The number of nitrogens with one attached hydrogen (secondary N) is 2. The summed E-state index contributed by atoms with van der Waals surface area (Å²) in [6, 6.07) is 6.85. The van der Waals surface area contributed by atoms with E-state index in [9.17, 15) is 8.42 Å². The first-order valence-corrected chi connectivity index (χ1v) is 11.1. The standard InChI is InChI=1S/C19H33N5O3S/c1-19(2,3)23-28(25,26)17-8-5-4-7-16(17)15-22-18(20)21-9-6-10-24-11-13-27-14-12-24/h4-5,7-8,23H,6,9-15H2,1-3H3,(H3,20,21,22). The molecule has 1 aliphatic rings. The monoisotopic (exact) mass is 411 g/mol. The van der Waals surface area contributed by atoms with Crippen LogP contribution in [0.15, 0.2) is 34.2 Å². The molecular weight excluding hydrogens is 378 g/mol. The van der Waals surface area contributed by atoms with Crippen LogP contribution in [0.25, 0.3) is 0 Å². The Morgan fingerprint density at radius 3 is 2.61 bits per heavy atom. The van der Waals surface area contributed by atoms with Crippen LogP contribution in [-0.2, 0) is 21.3 Å². The van der Waals surface area contributed by atoms with Crippen molar-refractivity contribution in [3.8, 4) is 0 Å². The predicted octanol–water partition coefficient (Wildman–Crippen LogP) is 0.890. The van der Waals surface area contributed by atoms with Crippen LogP contribution >= 0.6 is 0 Å². The lowest BCUT2D eigenvalue weighted by Gasteiger charge is -2.26. The average molecular weight is 412 g/mol. The van der Waals surface area contributed by atoms with E-state index < -0.39 is 15.6 Å². The zero-order valence-corrected chi connectivity index (χ0v) is 17.9. The lowest BCUT2D eigenvalue weighted by molar-refractivity contribution is 0.0376. The number of rotatable bonds is 8. The third-order valence-electron chi connectivity index (χ3n) is 4.18. The van der Waals surface area contributed by atoms with Gasteiger partial charge in [-0.25, -0.2) is 18.1 Å². The van der Waals surface area contributed by atoms with Crippen LogP contribution in [-0.4, -0.2) is 64.2 Å². The highest BCUT2D eigenvalue weighted by Crippen LogP contribution is 2.18. The van der Waals surface area contributed by atoms with Crippen LogP contribution in [0.5, 0.6) is 0 Å². The van der Waals surface area contributed by atoms with Crippen LogP contribution in [0.3, 0.4) is 0 Å². The molecule has 158 valence electrons. The minimum Gasteiger partial charge on any atom is -0.379 e. The van der Waals surface area contributed by atoms with E-state index in [2.05, 4.69) is 19.9 Å². The van der Waals surface area contributed by atoms with Gasteiger partial charge in [-0.3, -0.25) is 4.90 Å². The Hall–Kier alpha value is -1.68. The number of ether oxygens (including phenoxy) is 1. The summed E-state index contributed by atoms with van der Waals surface area (Å²) in [7, 11) is -3.63. The largest absolute Gasteiger partial charge is 0.379 e. The number of hydrogen-bond donors (Lipinski definition) is 3. The predicted molar refractivity (Wildman–Crippen MR) is 112 cm³/mol. The van der Waals surface area contributed by atoms with Gasteiger partial charge in [0.2, 0.25) is 10.0 Å². The van der Waals surface area contributed by atoms with Crippen molar-refractivity contribution < 1.29 is 13.2 Å². The number of aliphatic imine (C=N–C) groups is 1. The first-order valence-electron chi connectivity index (χ1n) is 9.63. The van der Waals surface area contributed by atoms with Crippen LogP contribution in [0.4, 0.5) is 0 Å². The minimum absolute atomic E-state index is 0.198. The normalized spacial score (nSPS) is 16.9. The molecule has 0 bridgehead atoms. The number of nitrogens with two attached hydrogens (primary N) is 1. The molecular formula is C19H33N5O3S. The quantitative estimate of drug-likeness (QED) is 0.333. The summed E-state index contributed by atoms with van der Waals surface area (Å²) < 4.78 is 33.3. The van der Waals surface area contributed by atoms with Gasteiger partial charge in [-0.1, -0.05) is 18.2 Å². The highest BCUT2D eigenvalue weighted by atomic mass is 32.2. The average Bonchev–Trinajstić information content (AvgIpc) is 2.63. The zero-order chi connectivity index (χ0) is 20.6. The molecule has 9 heteroatoms. The maximum Gasteiger partial charge on any atom is 0.241 e. The molecule has 4 N–H and O–H groups in total. The van der Waals surface area contributed by atoms with Gasteiger partial charge in [0.25, 0.3) is 0 Å². The third kappa shape index (κ3) is 7.75. The fourth-order valence-electron chi connectivity index (χ4n) is 2.92. The van der Waals surface area contributed by atoms with Gasteiger partial charge in [0.15, 0.2) is 5.96 Å². The molecule has 0 radical (unpaired) electrons. The SMILES string of the molecule is CC(C)(C)NS(=O)(=O)c1ccccc1CN=C(N)NCCCN1CCOCC1. The van der Waals surface area contributed by atoms with Crippen molar-refractivity contribution in [2.45, 2.75) is 44.2 Å². The van der Waals surface area contributed by atoms with Gasteiger partial charge in [0.05, 0.1) is 24.7 Å². The number of benzene rings is 1. The van der Waals surface area contributed by atoms with Crippen LogP contribution in [0.2, 0.25) is 0 Å². The van der Waals surface area contributed by atoms with Crippen molar-refractivity contribution in [3.63, 3.8) is 0 Å². The summed E-state index contributed by atoms with van der Waals surface area (Å²) >= 11 is 0. The van der Waals surface area contributed by atoms with E-state index in [1.807, 2.05) is 20.8 Å². The lowest BCUT2D eigenvalue weighted by Crippen LogP contribution is -2.40. The highest BCUT2D eigenvalue weighted by Gasteiger charge is 2.24. The highest BCUT2D eigenvalue weighted by molar-refractivity contribution is 7.89. The Kier molecular flexibility index (Phi) is 8.23. The maximum atomic E-state index is 12.7. The Labute approximate surface area is 168 Å². The van der Waals surface area contributed by atoms with Crippen molar-refractivity contribution in [2.24, 2.45) is 10.7 Å². The van der Waals surface area contributed by atoms with Crippen LogP contribution < -0.4 is 15.8 Å². The molecule has 1 saturated heterocycles. The van der Waals surface area contributed by atoms with Gasteiger partial charge < -0.3 is 15.8 Å². The molecule has 2 rings (SSSR count). The summed E-state index contributed by atoms with van der Waals surface area (Å²) in [5, 5.41) is 3.09. The van der Waals surface area contributed by atoms with Crippen molar-refractivity contribution in [1.82, 2.24) is 14.9 Å². The fraction of sp³-hybridized carbons (Fsp3) is 0.632. The molecule has 0 amide bonds. The lowest BCUT2D eigenvalue weighted by atomic mass is 10.1. The second-order valence-corrected chi connectivity index (χ2v) is 9.55. The second-order valence-electron chi connectivity index (χ2n) is 7.90. The van der Waals surface area contributed by atoms with E-state index in [1.165, 1.54) is 0 Å². The van der Waals surface area contributed by atoms with Crippen molar-refractivity contribution >= 4 is 16.0 Å². The summed E-state index contributed by atoms with van der Waals surface area (Å²) in [6.45, 7) is 10.9. The number of morpholine rings is 1. The summed E-state index contributed by atoms with van der Waals surface area (Å²) in [6.07, 6.45) is 0.955. The summed E-state index contributed by atoms with van der Waals surface area (Å²) in [4.78, 5) is 6.90. The third-order valence-corrected chi connectivity index (χ3v) is 6.04. The molecule has 1 aromatic rings. The first kappa shape index (κ1) is 22.6. The molecule has 0 aliphatic carbocycles. The molecule has 1 heterocycles. The molecule has 0 saturated carbocycles. The van der Waals surface area contributed by atoms with E-state index in [0.29, 0.717) is 11.5 Å². The summed E-state index contributed by atoms with van der Waals surface area (Å²) in [5.74, 6) is 0.318. The number of nitrogens with zero attached hydrogens (tertiary/aromatic N) is 2. The molecule has 1 fully saturated rings. The smallest absolute Gasteiger partial charge is 0.241 e. The molecule has 1 aliphatic heterocycles. The van der Waals surface area contributed by atoms with Crippen LogP contribution in [0, 0.1) is 0 Å². The molecule has 8 nitrogen and oxygen atoms in total. The van der Waals surface area contributed by atoms with Gasteiger partial charge in [-0.05, 0) is 45.4 Å². The van der Waals surface area contributed by atoms with Crippen molar-refractivity contribution in [3.05, 3.63) is 29.8 Å². The van der Waals surface area contributed by atoms with E-state index >= 15 is 0 Å². The first-order chi connectivity index (χ1) is 13.2. The van der Waals surface area contributed by atoms with Crippen molar-refractivity contribution in [2.75, 3.05) is 39.4 Å². The van der Waals surface area contributed by atoms with E-state index in [0.717, 1.165) is 45.8 Å². The Morgan fingerprint density at radius 1 is 1.25 bits per heavy atom.